The van der Waals surface area contributed by atoms with Gasteiger partial charge in [0.1, 0.15) is 5.82 Å². The summed E-state index contributed by atoms with van der Waals surface area (Å²) in [5.74, 6) is -1.47. The van der Waals surface area contributed by atoms with Crippen LogP contribution in [-0.4, -0.2) is 30.1 Å². The van der Waals surface area contributed by atoms with Crippen LogP contribution >= 0.6 is 11.6 Å². The molecule has 3 rings (SSSR count). The van der Waals surface area contributed by atoms with E-state index in [-0.39, 0.29) is 26.9 Å². The predicted molar refractivity (Wildman–Crippen MR) is 127 cm³/mol. The number of non-ortho nitro benzene ring substituents is 1. The van der Waals surface area contributed by atoms with E-state index in [1.165, 1.54) is 42.5 Å². The highest BCUT2D eigenvalue weighted by atomic mass is 35.5. The number of nitrogens with zero attached hydrogens (tertiary/aromatic N) is 2. The van der Waals surface area contributed by atoms with Gasteiger partial charge in [-0.2, -0.15) is 4.31 Å². The zero-order chi connectivity index (χ0) is 25.0. The normalized spacial score (nSPS) is 11.4. The zero-order valence-corrected chi connectivity index (χ0v) is 19.9. The van der Waals surface area contributed by atoms with Crippen LogP contribution in [0.1, 0.15) is 16.7 Å². The molecule has 0 saturated heterocycles. The fraction of sp³-hybridized carbons (Fsp3) is 0.174. The van der Waals surface area contributed by atoms with Gasteiger partial charge in [0.05, 0.1) is 22.1 Å². The van der Waals surface area contributed by atoms with Crippen LogP contribution in [0.3, 0.4) is 0 Å². The molecule has 0 radical (unpaired) electrons. The Labute approximate surface area is 201 Å². The van der Waals surface area contributed by atoms with Crippen LogP contribution in [0, 0.1) is 29.8 Å². The number of benzene rings is 3. The highest BCUT2D eigenvalue weighted by molar-refractivity contribution is 7.89. The molecule has 3 aromatic rings. The maximum absolute atomic E-state index is 14.4. The van der Waals surface area contributed by atoms with Crippen LogP contribution in [0.5, 0.6) is 0 Å². The first-order valence-corrected chi connectivity index (χ1v) is 11.9. The molecular formula is C23H21ClFN3O5S. The summed E-state index contributed by atoms with van der Waals surface area (Å²) in [5, 5.41) is 13.6. The first-order chi connectivity index (χ1) is 16.0. The van der Waals surface area contributed by atoms with E-state index in [0.29, 0.717) is 5.56 Å². The van der Waals surface area contributed by atoms with Gasteiger partial charge >= 0.3 is 0 Å². The van der Waals surface area contributed by atoms with Gasteiger partial charge in [-0.05, 0) is 43.7 Å². The fourth-order valence-corrected chi connectivity index (χ4v) is 4.74. The Kier molecular flexibility index (Phi) is 7.65. The first-order valence-electron chi connectivity index (χ1n) is 10.0. The second-order valence-corrected chi connectivity index (χ2v) is 9.94. The number of hydrogen-bond donors (Lipinski definition) is 1. The maximum Gasteiger partial charge on any atom is 0.271 e. The number of nitro groups is 1. The van der Waals surface area contributed by atoms with Crippen molar-refractivity contribution in [1.82, 2.24) is 4.31 Å². The lowest BCUT2D eigenvalue weighted by Crippen LogP contribution is -2.38. The van der Waals surface area contributed by atoms with Crippen molar-refractivity contribution in [3.63, 3.8) is 0 Å². The van der Waals surface area contributed by atoms with Gasteiger partial charge in [0.15, 0.2) is 0 Å². The Morgan fingerprint density at radius 3 is 2.41 bits per heavy atom. The smallest absolute Gasteiger partial charge is 0.271 e. The number of carbonyl (C=O) groups excluding carboxylic acids is 1. The summed E-state index contributed by atoms with van der Waals surface area (Å²) in [4.78, 5) is 23.2. The highest BCUT2D eigenvalue weighted by Gasteiger charge is 2.29. The minimum atomic E-state index is -4.23. The van der Waals surface area contributed by atoms with Gasteiger partial charge in [-0.1, -0.05) is 41.4 Å². The van der Waals surface area contributed by atoms with Crippen molar-refractivity contribution >= 4 is 38.9 Å². The molecule has 8 nitrogen and oxygen atoms in total. The molecule has 0 heterocycles. The number of aryl methyl sites for hydroxylation is 2. The molecule has 0 aliphatic heterocycles. The van der Waals surface area contributed by atoms with Gasteiger partial charge in [0.25, 0.3) is 5.69 Å². The Hall–Kier alpha value is -3.34. The Balaban J connectivity index is 1.95. The molecule has 0 unspecified atom stereocenters. The van der Waals surface area contributed by atoms with Gasteiger partial charge < -0.3 is 5.32 Å². The van der Waals surface area contributed by atoms with E-state index in [9.17, 15) is 27.7 Å². The summed E-state index contributed by atoms with van der Waals surface area (Å²) in [5.41, 5.74) is 1.23. The van der Waals surface area contributed by atoms with E-state index in [2.05, 4.69) is 5.32 Å². The molecule has 0 aliphatic carbocycles. The van der Waals surface area contributed by atoms with Crippen LogP contribution in [0.25, 0.3) is 0 Å². The van der Waals surface area contributed by atoms with Crippen molar-refractivity contribution in [1.29, 1.82) is 0 Å². The first kappa shape index (κ1) is 25.3. The SMILES string of the molecule is Cc1ccc(S(=O)(=O)N(CC(=O)Nc2cc([N+](=O)[O-])ccc2C)Cc2c(F)cccc2Cl)cc1. The molecule has 178 valence electrons. The molecule has 3 aromatic carbocycles. The van der Waals surface area contributed by atoms with Crippen molar-refractivity contribution in [2.45, 2.75) is 25.3 Å². The predicted octanol–water partition coefficient (Wildman–Crippen LogP) is 4.83. The second-order valence-electron chi connectivity index (χ2n) is 7.59. The molecule has 1 N–H and O–H groups in total. The Bertz CT molecular complexity index is 1330. The van der Waals surface area contributed by atoms with E-state index >= 15 is 0 Å². The fourth-order valence-electron chi connectivity index (χ4n) is 3.15. The molecule has 0 aromatic heterocycles. The van der Waals surface area contributed by atoms with Gasteiger partial charge in [-0.3, -0.25) is 14.9 Å². The lowest BCUT2D eigenvalue weighted by Gasteiger charge is -2.23. The molecular weight excluding hydrogens is 485 g/mol. The molecule has 11 heteroatoms. The lowest BCUT2D eigenvalue weighted by atomic mass is 10.2. The van der Waals surface area contributed by atoms with Gasteiger partial charge in [-0.15, -0.1) is 0 Å². The quantitative estimate of drug-likeness (QED) is 0.348. The molecule has 34 heavy (non-hydrogen) atoms. The molecule has 0 spiro atoms. The summed E-state index contributed by atoms with van der Waals surface area (Å²) in [6.45, 7) is 2.26. The molecule has 0 fully saturated rings. The number of sulfonamides is 1. The third-order valence-electron chi connectivity index (χ3n) is 5.08. The summed E-state index contributed by atoms with van der Waals surface area (Å²) in [7, 11) is -4.23. The van der Waals surface area contributed by atoms with Crippen molar-refractivity contribution < 1.29 is 22.5 Å². The molecule has 0 aliphatic rings. The van der Waals surface area contributed by atoms with Crippen LogP contribution < -0.4 is 5.32 Å². The monoisotopic (exact) mass is 505 g/mol. The minimum Gasteiger partial charge on any atom is -0.324 e. The van der Waals surface area contributed by atoms with E-state index in [0.717, 1.165) is 15.9 Å². The van der Waals surface area contributed by atoms with Crippen LogP contribution in [-0.2, 0) is 21.4 Å². The highest BCUT2D eigenvalue weighted by Crippen LogP contribution is 2.26. The topological polar surface area (TPSA) is 110 Å². The Morgan fingerprint density at radius 1 is 1.12 bits per heavy atom. The van der Waals surface area contributed by atoms with Gasteiger partial charge in [0, 0.05) is 29.3 Å². The van der Waals surface area contributed by atoms with E-state index in [1.807, 2.05) is 0 Å². The molecule has 0 bridgehead atoms. The number of hydrogen-bond acceptors (Lipinski definition) is 5. The number of halogens is 2. The number of nitro benzene ring substituents is 1. The van der Waals surface area contributed by atoms with Crippen LogP contribution in [0.2, 0.25) is 5.02 Å². The van der Waals surface area contributed by atoms with E-state index in [1.54, 1.807) is 26.0 Å². The van der Waals surface area contributed by atoms with Crippen molar-refractivity contribution in [3.8, 4) is 0 Å². The Morgan fingerprint density at radius 2 is 1.79 bits per heavy atom. The van der Waals surface area contributed by atoms with Crippen LogP contribution in [0.15, 0.2) is 65.6 Å². The number of carbonyl (C=O) groups is 1. The summed E-state index contributed by atoms with van der Waals surface area (Å²) in [6, 6.07) is 13.9. The van der Waals surface area contributed by atoms with Gasteiger partial charge in [-0.25, -0.2) is 12.8 Å². The standard InChI is InChI=1S/C23H21ClFN3O5S/c1-15-6-10-18(11-7-15)34(32,33)27(13-19-20(24)4-3-5-21(19)25)14-23(29)26-22-12-17(28(30)31)9-8-16(22)2/h3-12H,13-14H2,1-2H3,(H,26,29). The number of anilines is 1. The van der Waals surface area contributed by atoms with E-state index < -0.39 is 39.8 Å². The third kappa shape index (κ3) is 5.77. The lowest BCUT2D eigenvalue weighted by molar-refractivity contribution is -0.384. The zero-order valence-electron chi connectivity index (χ0n) is 18.3. The summed E-state index contributed by atoms with van der Waals surface area (Å²) in [6.07, 6.45) is 0. The second kappa shape index (κ2) is 10.3. The largest absolute Gasteiger partial charge is 0.324 e. The summed E-state index contributed by atoms with van der Waals surface area (Å²) >= 11 is 6.10. The van der Waals surface area contributed by atoms with Crippen molar-refractivity contribution in [3.05, 3.63) is 98.3 Å². The summed E-state index contributed by atoms with van der Waals surface area (Å²) < 4.78 is 42.0. The minimum absolute atomic E-state index is 0.0130. The average Bonchev–Trinajstić information content (AvgIpc) is 2.77. The number of amides is 1. The average molecular weight is 506 g/mol. The molecule has 1 amide bonds. The molecule has 0 atom stereocenters. The van der Waals surface area contributed by atoms with Crippen molar-refractivity contribution in [2.24, 2.45) is 0 Å². The van der Waals surface area contributed by atoms with Crippen LogP contribution in [0.4, 0.5) is 15.8 Å². The number of rotatable bonds is 8. The number of nitrogens with one attached hydrogen (secondary N) is 1. The van der Waals surface area contributed by atoms with Gasteiger partial charge in [0.2, 0.25) is 15.9 Å². The molecule has 0 saturated carbocycles. The van der Waals surface area contributed by atoms with Crippen molar-refractivity contribution in [2.75, 3.05) is 11.9 Å². The maximum atomic E-state index is 14.4. The third-order valence-corrected chi connectivity index (χ3v) is 7.24. The van der Waals surface area contributed by atoms with E-state index in [4.69, 9.17) is 11.6 Å².